The highest BCUT2D eigenvalue weighted by molar-refractivity contribution is 5.72. The molecule has 66 heavy (non-hydrogen) atoms. The monoisotopic (exact) mass is 945 g/mol. The van der Waals surface area contributed by atoms with E-state index in [0.29, 0.717) is 25.7 Å². The predicted octanol–water partition coefficient (Wildman–Crippen LogP) is 2.65. The summed E-state index contributed by atoms with van der Waals surface area (Å²) in [6.45, 7) is 14.0. The average molecular weight is 945 g/mol. The molecule has 0 amide bonds. The minimum Gasteiger partial charge on any atom is -0.462 e. The first kappa shape index (κ1) is 52.2. The highest BCUT2D eigenvalue weighted by Crippen LogP contribution is 2.71. The predicted molar refractivity (Wildman–Crippen MR) is 232 cm³/mol. The van der Waals surface area contributed by atoms with Crippen LogP contribution in [-0.2, 0) is 57.0 Å². The lowest BCUT2D eigenvalue weighted by molar-refractivity contribution is -0.353. The van der Waals surface area contributed by atoms with Crippen molar-refractivity contribution in [3.8, 4) is 0 Å². The van der Waals surface area contributed by atoms with Gasteiger partial charge >= 0.3 is 11.9 Å². The number of esters is 2. The first-order valence-corrected chi connectivity index (χ1v) is 24.6. The van der Waals surface area contributed by atoms with Crippen molar-refractivity contribution in [2.45, 2.75) is 235 Å². The van der Waals surface area contributed by atoms with Crippen molar-refractivity contribution in [1.29, 1.82) is 0 Å². The van der Waals surface area contributed by atoms with E-state index in [1.807, 2.05) is 20.8 Å². The van der Waals surface area contributed by atoms with E-state index in [0.717, 1.165) is 32.1 Å². The van der Waals surface area contributed by atoms with Crippen LogP contribution in [0.5, 0.6) is 0 Å². The Balaban J connectivity index is 0.971. The SMILES string of the molecule is CC[C@@H](C)C(=O)O[C@H](C)[C@]1(O)CC[C@]2(O)[C@@H]3CC[C@H]4C[C@@H](O[C@H]5C[C@H](OC)[C@H](O[C@H]6C[C@@H](OC)[C@H](O[C@@H]7O[C@H](CO)[C@@H](O)[C@H](O)[C@H]7O)[C@@H](C)O6)[C@@H](C)O5)CC[C@]4(C)[C@H]3C[C@@H](OC(C)=O)[C@]12C. The zero-order chi connectivity index (χ0) is 48.3. The molecule has 4 saturated carbocycles. The molecule has 0 radical (unpaired) electrons. The second-order valence-corrected chi connectivity index (χ2v) is 21.3. The van der Waals surface area contributed by atoms with Crippen molar-refractivity contribution in [2.24, 2.45) is 34.5 Å². The van der Waals surface area contributed by atoms with E-state index in [1.54, 1.807) is 27.9 Å². The van der Waals surface area contributed by atoms with E-state index in [9.17, 15) is 40.2 Å². The molecule has 0 bridgehead atoms. The number of methoxy groups -OCH3 is 2. The van der Waals surface area contributed by atoms with Crippen LogP contribution in [0.4, 0.5) is 0 Å². The molecule has 3 heterocycles. The molecule has 18 nitrogen and oxygen atoms in total. The van der Waals surface area contributed by atoms with Gasteiger partial charge in [-0.25, -0.2) is 0 Å². The van der Waals surface area contributed by atoms with Crippen molar-refractivity contribution in [3.05, 3.63) is 0 Å². The second-order valence-electron chi connectivity index (χ2n) is 21.3. The molecular formula is C48H80O18. The summed E-state index contributed by atoms with van der Waals surface area (Å²) < 4.78 is 61.5. The molecule has 24 atom stereocenters. The number of fused-ring (bicyclic) bond motifs is 5. The van der Waals surface area contributed by atoms with Gasteiger partial charge in [0.25, 0.3) is 0 Å². The maximum Gasteiger partial charge on any atom is 0.309 e. The maximum atomic E-state index is 13.0. The van der Waals surface area contributed by atoms with Crippen LogP contribution in [0, 0.1) is 34.5 Å². The van der Waals surface area contributed by atoms with Gasteiger partial charge in [-0.1, -0.05) is 27.7 Å². The summed E-state index contributed by atoms with van der Waals surface area (Å²) in [5.74, 6) is -1.09. The number of carbonyl (C=O) groups is 2. The summed E-state index contributed by atoms with van der Waals surface area (Å²) in [6.07, 6.45) is -7.28. The number of ether oxygens (including phenoxy) is 10. The van der Waals surface area contributed by atoms with E-state index in [2.05, 4.69) is 6.92 Å². The molecule has 4 aliphatic carbocycles. The van der Waals surface area contributed by atoms with E-state index < -0.39 is 127 Å². The average Bonchev–Trinajstić information content (AvgIpc) is 3.51. The quantitative estimate of drug-likeness (QED) is 0.108. The molecule has 0 unspecified atom stereocenters. The number of aliphatic hydroxyl groups excluding tert-OH is 4. The first-order chi connectivity index (χ1) is 31.1. The lowest BCUT2D eigenvalue weighted by Crippen LogP contribution is -2.72. The molecule has 7 aliphatic rings. The number of carbonyl (C=O) groups excluding carboxylic acids is 2. The lowest BCUT2D eigenvalue weighted by Gasteiger charge is -2.66. The Kier molecular flexibility index (Phi) is 16.0. The Hall–Kier alpha value is -1.62. The molecule has 0 aromatic rings. The van der Waals surface area contributed by atoms with Gasteiger partial charge in [0.15, 0.2) is 18.9 Å². The molecule has 7 rings (SSSR count). The van der Waals surface area contributed by atoms with Crippen LogP contribution in [0.15, 0.2) is 0 Å². The van der Waals surface area contributed by atoms with Gasteiger partial charge in [-0.3, -0.25) is 9.59 Å². The third-order valence-electron chi connectivity index (χ3n) is 18.0. The first-order valence-electron chi connectivity index (χ1n) is 24.6. The number of hydrogen-bond donors (Lipinski definition) is 6. The summed E-state index contributed by atoms with van der Waals surface area (Å²) in [5.41, 5.74) is -4.45. The summed E-state index contributed by atoms with van der Waals surface area (Å²) in [7, 11) is 3.15. The van der Waals surface area contributed by atoms with Crippen LogP contribution >= 0.6 is 0 Å². The van der Waals surface area contributed by atoms with Gasteiger partial charge in [0.2, 0.25) is 0 Å². The van der Waals surface area contributed by atoms with Gasteiger partial charge in [-0.05, 0) is 102 Å². The summed E-state index contributed by atoms with van der Waals surface area (Å²) >= 11 is 0. The maximum absolute atomic E-state index is 13.0. The van der Waals surface area contributed by atoms with Crippen molar-refractivity contribution in [1.82, 2.24) is 0 Å². The van der Waals surface area contributed by atoms with E-state index >= 15 is 0 Å². The Morgan fingerprint density at radius 1 is 0.758 bits per heavy atom. The summed E-state index contributed by atoms with van der Waals surface area (Å²) in [5, 5.41) is 66.4. The van der Waals surface area contributed by atoms with Gasteiger partial charge in [-0.2, -0.15) is 0 Å². The Morgan fingerprint density at radius 2 is 1.38 bits per heavy atom. The summed E-state index contributed by atoms with van der Waals surface area (Å²) in [4.78, 5) is 25.7. The minimum absolute atomic E-state index is 0.0127. The summed E-state index contributed by atoms with van der Waals surface area (Å²) in [6, 6.07) is 0. The van der Waals surface area contributed by atoms with Crippen molar-refractivity contribution >= 4 is 11.9 Å². The van der Waals surface area contributed by atoms with Crippen molar-refractivity contribution in [3.63, 3.8) is 0 Å². The third kappa shape index (κ3) is 9.14. The highest BCUT2D eigenvalue weighted by atomic mass is 16.8. The Morgan fingerprint density at radius 3 is 1.97 bits per heavy atom. The number of aliphatic hydroxyl groups is 6. The molecule has 3 aliphatic heterocycles. The van der Waals surface area contributed by atoms with Crippen molar-refractivity contribution in [2.75, 3.05) is 20.8 Å². The van der Waals surface area contributed by atoms with Gasteiger partial charge in [0.1, 0.15) is 54.4 Å². The minimum atomic E-state index is -1.62. The fraction of sp³-hybridized carbons (Fsp3) is 0.958. The Bertz CT molecular complexity index is 1670. The lowest BCUT2D eigenvalue weighted by atomic mass is 9.42. The second kappa shape index (κ2) is 20.2. The fourth-order valence-electron chi connectivity index (χ4n) is 13.7. The van der Waals surface area contributed by atoms with E-state index in [-0.39, 0.29) is 48.0 Å². The zero-order valence-electron chi connectivity index (χ0n) is 40.6. The van der Waals surface area contributed by atoms with Gasteiger partial charge in [0.05, 0.1) is 54.1 Å². The fourth-order valence-corrected chi connectivity index (χ4v) is 13.7. The van der Waals surface area contributed by atoms with E-state index in [4.69, 9.17) is 47.4 Å². The molecular weight excluding hydrogens is 865 g/mol. The number of hydrogen-bond acceptors (Lipinski definition) is 18. The van der Waals surface area contributed by atoms with Gasteiger partial charge in [0, 0.05) is 34.0 Å². The Labute approximate surface area is 389 Å². The molecule has 7 fully saturated rings. The number of rotatable bonds is 14. The highest BCUT2D eigenvalue weighted by Gasteiger charge is 2.77. The molecule has 0 spiro atoms. The standard InChI is InChI=1S/C48H80O18/c1-11-23(2)43(54)61-26(5)47(55)16-17-48(56)30-13-12-28-18-29(14-15-45(28,7)31(30)19-35(46(47,48)8)62-27(6)50)63-36-20-32(57-9)41(24(3)59-36)65-37-21-33(58-10)42(25(4)60-37)66-44-40(53)39(52)38(51)34(22-49)64-44/h23-26,28-42,44,49,51-53,55-56H,11-22H2,1-10H3/t23-,24-,25-,26-,28+,29+,30-,31+,32+,33-,34-,35-,36+,37+,38-,39+,40-,41-,42-,44+,45+,46-,47-,48+/m1/s1. The molecule has 6 N–H and O–H groups in total. The normalized spacial score (nSPS) is 50.3. The zero-order valence-corrected chi connectivity index (χ0v) is 40.6. The topological polar surface area (TPSA) is 248 Å². The third-order valence-corrected chi connectivity index (χ3v) is 18.0. The van der Waals surface area contributed by atoms with Crippen LogP contribution in [0.25, 0.3) is 0 Å². The van der Waals surface area contributed by atoms with Gasteiger partial charge in [-0.15, -0.1) is 0 Å². The van der Waals surface area contributed by atoms with Crippen LogP contribution in [0.2, 0.25) is 0 Å². The van der Waals surface area contributed by atoms with Crippen molar-refractivity contribution < 1.29 is 87.6 Å². The van der Waals surface area contributed by atoms with Crippen LogP contribution in [0.1, 0.15) is 126 Å². The largest absolute Gasteiger partial charge is 0.462 e. The molecule has 3 saturated heterocycles. The molecule has 0 aromatic carbocycles. The molecule has 380 valence electrons. The molecule has 0 aromatic heterocycles. The van der Waals surface area contributed by atoms with Crippen LogP contribution in [-0.4, -0.2) is 173 Å². The van der Waals surface area contributed by atoms with Crippen LogP contribution in [0.3, 0.4) is 0 Å². The van der Waals surface area contributed by atoms with Crippen LogP contribution < -0.4 is 0 Å². The van der Waals surface area contributed by atoms with Gasteiger partial charge < -0.3 is 78.0 Å². The smallest absolute Gasteiger partial charge is 0.309 e. The van der Waals surface area contributed by atoms with E-state index in [1.165, 1.54) is 14.0 Å². The molecule has 18 heteroatoms.